The van der Waals surface area contributed by atoms with Gasteiger partial charge in [0, 0.05) is 11.6 Å². The average molecular weight is 200 g/mol. The van der Waals surface area contributed by atoms with E-state index >= 15 is 0 Å². The number of ether oxygens (including phenoxy) is 1. The Bertz CT molecular complexity index is 193. The number of hydrogen-bond donors (Lipinski definition) is 2. The maximum absolute atomic E-state index is 11.3. The molecule has 2 N–H and O–H groups in total. The van der Waals surface area contributed by atoms with E-state index in [1.54, 1.807) is 0 Å². The monoisotopic (exact) mass is 200 g/mol. The lowest BCUT2D eigenvalue weighted by Gasteiger charge is -2.20. The van der Waals surface area contributed by atoms with E-state index in [0.29, 0.717) is 12.6 Å². The van der Waals surface area contributed by atoms with Crippen molar-refractivity contribution >= 4 is 6.09 Å². The molecule has 1 atom stereocenters. The quantitative estimate of drug-likeness (QED) is 0.705. The van der Waals surface area contributed by atoms with Crippen molar-refractivity contribution in [1.82, 2.24) is 10.6 Å². The van der Waals surface area contributed by atoms with Crippen LogP contribution >= 0.6 is 0 Å². The van der Waals surface area contributed by atoms with Gasteiger partial charge in [0.25, 0.3) is 0 Å². The van der Waals surface area contributed by atoms with Crippen LogP contribution in [-0.4, -0.2) is 30.8 Å². The summed E-state index contributed by atoms with van der Waals surface area (Å²) in [7, 11) is 0. The summed E-state index contributed by atoms with van der Waals surface area (Å²) in [5, 5.41) is 6.02. The van der Waals surface area contributed by atoms with Crippen molar-refractivity contribution in [2.24, 2.45) is 0 Å². The summed E-state index contributed by atoms with van der Waals surface area (Å²) >= 11 is 0. The molecule has 0 radical (unpaired) electrons. The fourth-order valence-electron chi connectivity index (χ4n) is 1.42. The van der Waals surface area contributed by atoms with Crippen LogP contribution in [0.15, 0.2) is 0 Å². The van der Waals surface area contributed by atoms with E-state index in [2.05, 4.69) is 10.6 Å². The highest BCUT2D eigenvalue weighted by Crippen LogP contribution is 2.05. The molecule has 1 heterocycles. The minimum Gasteiger partial charge on any atom is -0.448 e. The number of carbonyl (C=O) groups excluding carboxylic acids is 1. The number of hydrogen-bond acceptors (Lipinski definition) is 3. The molecule has 0 aliphatic carbocycles. The first-order chi connectivity index (χ1) is 6.47. The first kappa shape index (κ1) is 11.3. The highest BCUT2D eigenvalue weighted by Gasteiger charge is 2.18. The minimum absolute atomic E-state index is 0.222. The molecular weight excluding hydrogens is 180 g/mol. The van der Waals surface area contributed by atoms with Gasteiger partial charge in [-0.25, -0.2) is 4.79 Å². The minimum atomic E-state index is -0.328. The summed E-state index contributed by atoms with van der Waals surface area (Å²) in [4.78, 5) is 11.3. The van der Waals surface area contributed by atoms with Gasteiger partial charge in [-0.2, -0.15) is 0 Å². The molecule has 0 aromatic heterocycles. The third kappa shape index (κ3) is 4.46. The van der Waals surface area contributed by atoms with E-state index in [1.165, 1.54) is 6.42 Å². The third-order valence-corrected chi connectivity index (χ3v) is 2.06. The molecule has 0 saturated carbocycles. The number of amides is 1. The van der Waals surface area contributed by atoms with Gasteiger partial charge in [-0.05, 0) is 40.2 Å². The van der Waals surface area contributed by atoms with Crippen molar-refractivity contribution in [1.29, 1.82) is 0 Å². The van der Waals surface area contributed by atoms with Gasteiger partial charge in [0.1, 0.15) is 6.61 Å². The molecule has 14 heavy (non-hydrogen) atoms. The Labute approximate surface area is 85.4 Å². The smallest absolute Gasteiger partial charge is 0.407 e. The number of rotatable bonds is 2. The number of carbonyl (C=O) groups is 1. The van der Waals surface area contributed by atoms with Crippen LogP contribution in [0.25, 0.3) is 0 Å². The zero-order valence-electron chi connectivity index (χ0n) is 9.22. The first-order valence-electron chi connectivity index (χ1n) is 5.16. The second kappa shape index (κ2) is 4.64. The van der Waals surface area contributed by atoms with E-state index in [-0.39, 0.29) is 11.6 Å². The summed E-state index contributed by atoms with van der Waals surface area (Å²) in [6.45, 7) is 7.31. The molecule has 4 heteroatoms. The summed E-state index contributed by atoms with van der Waals surface area (Å²) in [5.74, 6) is 0. The second-order valence-corrected chi connectivity index (χ2v) is 4.77. The largest absolute Gasteiger partial charge is 0.448 e. The lowest BCUT2D eigenvalue weighted by Crippen LogP contribution is -2.42. The standard InChI is InChI=1S/C10H20N2O2/c1-10(2,3)12-9(13)14-7-8-5-4-6-11-8/h8,11H,4-7H2,1-3H3,(H,12,13). The van der Waals surface area contributed by atoms with E-state index in [4.69, 9.17) is 4.74 Å². The van der Waals surface area contributed by atoms with E-state index in [9.17, 15) is 4.79 Å². The van der Waals surface area contributed by atoms with Gasteiger partial charge in [-0.15, -0.1) is 0 Å². The van der Waals surface area contributed by atoms with Gasteiger partial charge in [0.2, 0.25) is 0 Å². The van der Waals surface area contributed by atoms with Crippen molar-refractivity contribution in [3.05, 3.63) is 0 Å². The molecule has 0 aromatic carbocycles. The molecule has 0 aromatic rings. The van der Waals surface area contributed by atoms with Crippen LogP contribution in [0.2, 0.25) is 0 Å². The molecule has 1 rings (SSSR count). The number of nitrogens with one attached hydrogen (secondary N) is 2. The maximum atomic E-state index is 11.3. The number of alkyl carbamates (subject to hydrolysis) is 1. The molecule has 82 valence electrons. The second-order valence-electron chi connectivity index (χ2n) is 4.77. The average Bonchev–Trinajstić information content (AvgIpc) is 2.49. The lowest BCUT2D eigenvalue weighted by atomic mass is 10.1. The summed E-state index contributed by atoms with van der Waals surface area (Å²) in [6, 6.07) is 0.348. The van der Waals surface area contributed by atoms with Gasteiger partial charge in [0.15, 0.2) is 0 Å². The lowest BCUT2D eigenvalue weighted by molar-refractivity contribution is 0.128. The first-order valence-corrected chi connectivity index (χ1v) is 5.16. The van der Waals surface area contributed by atoms with Crippen LogP contribution in [0.3, 0.4) is 0 Å². The molecule has 1 fully saturated rings. The molecular formula is C10H20N2O2. The Morgan fingerprint density at radius 1 is 1.57 bits per heavy atom. The van der Waals surface area contributed by atoms with Crippen LogP contribution in [-0.2, 0) is 4.74 Å². The Kier molecular flexibility index (Phi) is 3.75. The fraction of sp³-hybridized carbons (Fsp3) is 0.900. The third-order valence-electron chi connectivity index (χ3n) is 2.06. The van der Waals surface area contributed by atoms with Crippen molar-refractivity contribution in [2.45, 2.75) is 45.2 Å². The molecule has 1 unspecified atom stereocenters. The van der Waals surface area contributed by atoms with Crippen LogP contribution in [0, 0.1) is 0 Å². The van der Waals surface area contributed by atoms with Crippen LogP contribution in [0.5, 0.6) is 0 Å². The highest BCUT2D eigenvalue weighted by molar-refractivity contribution is 5.68. The van der Waals surface area contributed by atoms with Crippen molar-refractivity contribution in [3.63, 3.8) is 0 Å². The predicted octanol–water partition coefficient (Wildman–Crippen LogP) is 1.26. The zero-order valence-corrected chi connectivity index (χ0v) is 9.22. The van der Waals surface area contributed by atoms with Crippen molar-refractivity contribution in [2.75, 3.05) is 13.2 Å². The Morgan fingerprint density at radius 3 is 2.79 bits per heavy atom. The van der Waals surface area contributed by atoms with Gasteiger partial charge in [0.05, 0.1) is 0 Å². The Morgan fingerprint density at radius 2 is 2.29 bits per heavy atom. The van der Waals surface area contributed by atoms with Crippen LogP contribution < -0.4 is 10.6 Å². The highest BCUT2D eigenvalue weighted by atomic mass is 16.5. The van der Waals surface area contributed by atoms with Crippen molar-refractivity contribution in [3.8, 4) is 0 Å². The van der Waals surface area contributed by atoms with Crippen molar-refractivity contribution < 1.29 is 9.53 Å². The SMILES string of the molecule is CC(C)(C)NC(=O)OCC1CCCN1. The topological polar surface area (TPSA) is 50.4 Å². The van der Waals surface area contributed by atoms with Gasteiger partial charge < -0.3 is 15.4 Å². The molecule has 1 saturated heterocycles. The van der Waals surface area contributed by atoms with E-state index in [1.807, 2.05) is 20.8 Å². The molecule has 0 spiro atoms. The summed E-state index contributed by atoms with van der Waals surface area (Å²) in [6.07, 6.45) is 1.95. The molecule has 1 amide bonds. The van der Waals surface area contributed by atoms with Crippen LogP contribution in [0.4, 0.5) is 4.79 Å². The fourth-order valence-corrected chi connectivity index (χ4v) is 1.42. The molecule has 0 bridgehead atoms. The zero-order chi connectivity index (χ0) is 10.6. The van der Waals surface area contributed by atoms with Gasteiger partial charge >= 0.3 is 6.09 Å². The molecule has 1 aliphatic rings. The molecule has 1 aliphatic heterocycles. The van der Waals surface area contributed by atoms with Gasteiger partial charge in [-0.3, -0.25) is 0 Å². The Hall–Kier alpha value is -0.770. The normalized spacial score (nSPS) is 22.1. The van der Waals surface area contributed by atoms with E-state index < -0.39 is 0 Å². The summed E-state index contributed by atoms with van der Waals surface area (Å²) in [5.41, 5.74) is -0.222. The summed E-state index contributed by atoms with van der Waals surface area (Å²) < 4.78 is 5.09. The van der Waals surface area contributed by atoms with Crippen LogP contribution in [0.1, 0.15) is 33.6 Å². The van der Waals surface area contributed by atoms with Gasteiger partial charge in [-0.1, -0.05) is 0 Å². The Balaban J connectivity index is 2.14. The maximum Gasteiger partial charge on any atom is 0.407 e. The van der Waals surface area contributed by atoms with E-state index in [0.717, 1.165) is 13.0 Å². The molecule has 4 nitrogen and oxygen atoms in total. The predicted molar refractivity (Wildman–Crippen MR) is 55.3 cm³/mol.